The Hall–Kier alpha value is -1.09. The van der Waals surface area contributed by atoms with Gasteiger partial charge in [0.25, 0.3) is 0 Å². The van der Waals surface area contributed by atoms with Crippen molar-refractivity contribution in [3.8, 4) is 0 Å². The van der Waals surface area contributed by atoms with Gasteiger partial charge < -0.3 is 10.2 Å². The first kappa shape index (κ1) is 14.3. The maximum absolute atomic E-state index is 4.33. The number of aromatic nitrogens is 1. The molecule has 2 rings (SSSR count). The van der Waals surface area contributed by atoms with Crippen LogP contribution in [0.1, 0.15) is 46.1 Å². The van der Waals surface area contributed by atoms with Crippen LogP contribution in [0.3, 0.4) is 0 Å². The average molecular weight is 261 g/mol. The molecule has 0 aliphatic carbocycles. The minimum Gasteiger partial charge on any atom is -0.367 e. The fourth-order valence-corrected chi connectivity index (χ4v) is 2.90. The summed E-state index contributed by atoms with van der Waals surface area (Å²) in [6, 6.07) is 3.28. The van der Waals surface area contributed by atoms with Crippen LogP contribution >= 0.6 is 0 Å². The normalized spacial score (nSPS) is 23.9. The largest absolute Gasteiger partial charge is 0.367 e. The van der Waals surface area contributed by atoms with Crippen LogP contribution in [0.2, 0.25) is 0 Å². The Morgan fingerprint density at radius 1 is 1.42 bits per heavy atom. The lowest BCUT2D eigenvalue weighted by Crippen LogP contribution is -2.41. The second kappa shape index (κ2) is 6.38. The van der Waals surface area contributed by atoms with Crippen molar-refractivity contribution in [1.29, 1.82) is 0 Å². The minimum atomic E-state index is 0.514. The van der Waals surface area contributed by atoms with Gasteiger partial charge in [0.1, 0.15) is 0 Å². The van der Waals surface area contributed by atoms with Gasteiger partial charge in [0.05, 0.1) is 11.9 Å². The standard InChI is InChI=1S/C16H27N3/c1-12(2)18-10-15-5-7-17-11-16(15)19-8-6-13(3)9-14(19)4/h5,7,11-14,18H,6,8-10H2,1-4H3. The van der Waals surface area contributed by atoms with E-state index in [-0.39, 0.29) is 0 Å². The first-order chi connectivity index (χ1) is 9.08. The molecule has 0 radical (unpaired) electrons. The lowest BCUT2D eigenvalue weighted by Gasteiger charge is -2.39. The van der Waals surface area contributed by atoms with Crippen LogP contribution in [0.25, 0.3) is 0 Å². The van der Waals surface area contributed by atoms with Crippen molar-refractivity contribution in [2.45, 2.75) is 59.2 Å². The Morgan fingerprint density at radius 2 is 2.21 bits per heavy atom. The smallest absolute Gasteiger partial charge is 0.0600 e. The van der Waals surface area contributed by atoms with E-state index in [1.807, 2.05) is 12.4 Å². The van der Waals surface area contributed by atoms with Gasteiger partial charge in [-0.25, -0.2) is 0 Å². The van der Waals surface area contributed by atoms with Crippen LogP contribution in [-0.2, 0) is 6.54 Å². The highest BCUT2D eigenvalue weighted by molar-refractivity contribution is 5.52. The lowest BCUT2D eigenvalue weighted by atomic mass is 9.92. The Bertz CT molecular complexity index is 403. The number of hydrogen-bond donors (Lipinski definition) is 1. The summed E-state index contributed by atoms with van der Waals surface area (Å²) in [4.78, 5) is 6.86. The molecule has 106 valence electrons. The summed E-state index contributed by atoms with van der Waals surface area (Å²) in [7, 11) is 0. The van der Waals surface area contributed by atoms with Crippen molar-refractivity contribution < 1.29 is 0 Å². The summed E-state index contributed by atoms with van der Waals surface area (Å²) < 4.78 is 0. The molecule has 2 unspecified atom stereocenters. The summed E-state index contributed by atoms with van der Waals surface area (Å²) in [5.41, 5.74) is 2.68. The van der Waals surface area contributed by atoms with Crippen molar-refractivity contribution in [3.05, 3.63) is 24.0 Å². The van der Waals surface area contributed by atoms with Gasteiger partial charge in [-0.1, -0.05) is 20.8 Å². The fourth-order valence-electron chi connectivity index (χ4n) is 2.90. The molecule has 1 aromatic rings. The third-order valence-electron chi connectivity index (χ3n) is 4.04. The van der Waals surface area contributed by atoms with Gasteiger partial charge in [-0.15, -0.1) is 0 Å². The molecule has 3 heteroatoms. The van der Waals surface area contributed by atoms with Crippen molar-refractivity contribution in [2.75, 3.05) is 11.4 Å². The summed E-state index contributed by atoms with van der Waals surface area (Å²) in [5.74, 6) is 0.847. The van der Waals surface area contributed by atoms with Crippen LogP contribution in [0.15, 0.2) is 18.5 Å². The lowest BCUT2D eigenvalue weighted by molar-refractivity contribution is 0.377. The number of piperidine rings is 1. The number of hydrogen-bond acceptors (Lipinski definition) is 3. The minimum absolute atomic E-state index is 0.514. The van der Waals surface area contributed by atoms with E-state index in [0.29, 0.717) is 12.1 Å². The molecule has 19 heavy (non-hydrogen) atoms. The molecule has 1 aliphatic rings. The van der Waals surface area contributed by atoms with Gasteiger partial charge in [0, 0.05) is 31.4 Å². The molecule has 1 saturated heterocycles. The molecule has 1 aliphatic heterocycles. The van der Waals surface area contributed by atoms with Crippen LogP contribution in [0.5, 0.6) is 0 Å². The third kappa shape index (κ3) is 3.69. The number of nitrogens with one attached hydrogen (secondary N) is 1. The number of anilines is 1. The molecule has 0 aromatic carbocycles. The topological polar surface area (TPSA) is 28.2 Å². The summed E-state index contributed by atoms with van der Waals surface area (Å²) >= 11 is 0. The Kier molecular flexibility index (Phi) is 4.81. The molecule has 3 nitrogen and oxygen atoms in total. The third-order valence-corrected chi connectivity index (χ3v) is 4.04. The van der Waals surface area contributed by atoms with Gasteiger partial charge in [-0.2, -0.15) is 0 Å². The van der Waals surface area contributed by atoms with Crippen molar-refractivity contribution in [2.24, 2.45) is 5.92 Å². The zero-order chi connectivity index (χ0) is 13.8. The van der Waals surface area contributed by atoms with Crippen LogP contribution in [-0.4, -0.2) is 23.6 Å². The van der Waals surface area contributed by atoms with E-state index in [4.69, 9.17) is 0 Å². The predicted octanol–water partition coefficient (Wildman–Crippen LogP) is 3.20. The molecular weight excluding hydrogens is 234 g/mol. The maximum atomic E-state index is 4.33. The first-order valence-corrected chi connectivity index (χ1v) is 7.51. The molecule has 1 aromatic heterocycles. The summed E-state index contributed by atoms with van der Waals surface area (Å²) in [6.07, 6.45) is 6.50. The van der Waals surface area contributed by atoms with E-state index in [0.717, 1.165) is 19.0 Å². The second-order valence-electron chi connectivity index (χ2n) is 6.21. The zero-order valence-corrected chi connectivity index (χ0v) is 12.7. The fraction of sp³-hybridized carbons (Fsp3) is 0.688. The molecule has 1 fully saturated rings. The van der Waals surface area contributed by atoms with E-state index in [2.05, 4.69) is 49.0 Å². The quantitative estimate of drug-likeness (QED) is 0.902. The van der Waals surface area contributed by atoms with Crippen LogP contribution in [0.4, 0.5) is 5.69 Å². The molecule has 0 amide bonds. The molecule has 2 heterocycles. The maximum Gasteiger partial charge on any atom is 0.0600 e. The van der Waals surface area contributed by atoms with Crippen molar-refractivity contribution >= 4 is 5.69 Å². The highest BCUT2D eigenvalue weighted by atomic mass is 15.2. The van der Waals surface area contributed by atoms with Crippen LogP contribution in [0, 0.1) is 5.92 Å². The van der Waals surface area contributed by atoms with Gasteiger partial charge in [-0.3, -0.25) is 4.98 Å². The van der Waals surface area contributed by atoms with Gasteiger partial charge in [0.2, 0.25) is 0 Å². The highest BCUT2D eigenvalue weighted by Gasteiger charge is 2.24. The monoisotopic (exact) mass is 261 g/mol. The van der Waals surface area contributed by atoms with Gasteiger partial charge >= 0.3 is 0 Å². The molecule has 2 atom stereocenters. The van der Waals surface area contributed by atoms with E-state index in [1.54, 1.807) is 0 Å². The SMILES string of the molecule is CC1CCN(c2cnccc2CNC(C)C)C(C)C1. The number of rotatable bonds is 4. The zero-order valence-electron chi connectivity index (χ0n) is 12.7. The van der Waals surface area contributed by atoms with Gasteiger partial charge in [0.15, 0.2) is 0 Å². The predicted molar refractivity (Wildman–Crippen MR) is 81.4 cm³/mol. The van der Waals surface area contributed by atoms with Crippen molar-refractivity contribution in [3.63, 3.8) is 0 Å². The molecule has 0 bridgehead atoms. The van der Waals surface area contributed by atoms with Gasteiger partial charge in [-0.05, 0) is 37.3 Å². The molecule has 0 spiro atoms. The van der Waals surface area contributed by atoms with Crippen molar-refractivity contribution in [1.82, 2.24) is 10.3 Å². The summed E-state index contributed by atoms with van der Waals surface area (Å²) in [5, 5.41) is 3.51. The molecular formula is C16H27N3. The second-order valence-corrected chi connectivity index (χ2v) is 6.21. The first-order valence-electron chi connectivity index (χ1n) is 7.51. The summed E-state index contributed by atoms with van der Waals surface area (Å²) in [6.45, 7) is 11.1. The Labute approximate surface area is 117 Å². The number of nitrogens with zero attached hydrogens (tertiary/aromatic N) is 2. The van der Waals surface area contributed by atoms with E-state index in [1.165, 1.54) is 24.1 Å². The number of pyridine rings is 1. The van der Waals surface area contributed by atoms with E-state index < -0.39 is 0 Å². The van der Waals surface area contributed by atoms with Crippen LogP contribution < -0.4 is 10.2 Å². The Balaban J connectivity index is 2.14. The average Bonchev–Trinajstić information content (AvgIpc) is 2.37. The molecule has 1 N–H and O–H groups in total. The molecule has 0 saturated carbocycles. The Morgan fingerprint density at radius 3 is 2.89 bits per heavy atom. The highest BCUT2D eigenvalue weighted by Crippen LogP contribution is 2.29. The van der Waals surface area contributed by atoms with E-state index in [9.17, 15) is 0 Å². The van der Waals surface area contributed by atoms with E-state index >= 15 is 0 Å².